The van der Waals surface area contributed by atoms with Gasteiger partial charge in [-0.2, -0.15) is 0 Å². The average molecular weight is 490 g/mol. The van der Waals surface area contributed by atoms with Gasteiger partial charge in [-0.3, -0.25) is 0 Å². The van der Waals surface area contributed by atoms with Gasteiger partial charge in [-0.05, 0) is 0 Å². The van der Waals surface area contributed by atoms with E-state index in [-0.39, 0.29) is 6.42 Å². The number of aliphatic hydroxyl groups excluding tert-OH is 9. The van der Waals surface area contributed by atoms with Gasteiger partial charge in [0, 0.05) is 6.42 Å². The molecule has 194 valence electrons. The summed E-state index contributed by atoms with van der Waals surface area (Å²) in [6, 6.07) is 0. The van der Waals surface area contributed by atoms with Crippen molar-refractivity contribution in [3.63, 3.8) is 0 Å². The largest absolute Gasteiger partial charge is 0.394 e. The Morgan fingerprint density at radius 3 is 1.70 bits per heavy atom. The van der Waals surface area contributed by atoms with E-state index in [0.29, 0.717) is 0 Å². The van der Waals surface area contributed by atoms with Crippen molar-refractivity contribution in [2.24, 2.45) is 0 Å². The third-order valence-electron chi connectivity index (χ3n) is 5.92. The Morgan fingerprint density at radius 2 is 1.15 bits per heavy atom. The Bertz CT molecular complexity index is 613. The molecule has 3 rings (SSSR count). The van der Waals surface area contributed by atoms with Crippen molar-refractivity contribution in [1.29, 1.82) is 0 Å². The van der Waals surface area contributed by atoms with E-state index in [4.69, 9.17) is 23.7 Å². The molecule has 0 saturated carbocycles. The summed E-state index contributed by atoms with van der Waals surface area (Å²) in [5, 5.41) is 89.3. The molecule has 0 bridgehead atoms. The lowest BCUT2D eigenvalue weighted by Gasteiger charge is -2.47. The maximum atomic E-state index is 13.6. The van der Waals surface area contributed by atoms with Gasteiger partial charge < -0.3 is 69.6 Å². The lowest BCUT2D eigenvalue weighted by molar-refractivity contribution is -0.370. The van der Waals surface area contributed by atoms with Gasteiger partial charge in [0.15, 0.2) is 12.6 Å². The fourth-order valence-electron chi connectivity index (χ4n) is 4.00. The van der Waals surface area contributed by atoms with Crippen molar-refractivity contribution in [3.05, 3.63) is 0 Å². The topological polar surface area (TPSA) is 228 Å². The van der Waals surface area contributed by atoms with Crippen LogP contribution in [0.4, 0.5) is 4.39 Å². The van der Waals surface area contributed by atoms with Crippen molar-refractivity contribution < 1.29 is 74.0 Å². The molecule has 0 radical (unpaired) electrons. The van der Waals surface area contributed by atoms with Gasteiger partial charge in [0.25, 0.3) is 0 Å². The summed E-state index contributed by atoms with van der Waals surface area (Å²) in [6.07, 6.45) is -23.0. The Labute approximate surface area is 187 Å². The Morgan fingerprint density at radius 1 is 0.636 bits per heavy atom. The highest BCUT2D eigenvalue weighted by atomic mass is 19.1. The van der Waals surface area contributed by atoms with E-state index in [1.807, 2.05) is 0 Å². The zero-order chi connectivity index (χ0) is 24.4. The minimum atomic E-state index is -2.30. The Kier molecular flexibility index (Phi) is 9.32. The van der Waals surface area contributed by atoms with E-state index in [0.717, 1.165) is 0 Å². The van der Waals surface area contributed by atoms with E-state index >= 15 is 0 Å². The molecule has 15 heteroatoms. The molecule has 33 heavy (non-hydrogen) atoms. The second kappa shape index (κ2) is 11.4. The Hall–Kier alpha value is -0.630. The monoisotopic (exact) mass is 490 g/mol. The number of hydrogen-bond donors (Lipinski definition) is 9. The summed E-state index contributed by atoms with van der Waals surface area (Å²) in [4.78, 5) is 0. The maximum Gasteiger partial charge on any atom is 0.228 e. The van der Waals surface area contributed by atoms with Crippen molar-refractivity contribution in [3.8, 4) is 0 Å². The van der Waals surface area contributed by atoms with Crippen LogP contribution in [0.5, 0.6) is 0 Å². The number of rotatable bonds is 7. The molecule has 14 nitrogen and oxygen atoms in total. The summed E-state index contributed by atoms with van der Waals surface area (Å²) < 4.78 is 39.9. The van der Waals surface area contributed by atoms with E-state index in [2.05, 4.69) is 0 Å². The maximum absolute atomic E-state index is 13.6. The van der Waals surface area contributed by atoms with Gasteiger partial charge in [-0.25, -0.2) is 4.39 Å². The average Bonchev–Trinajstić information content (AvgIpc) is 2.80. The fraction of sp³-hybridized carbons (Fsp3) is 1.00. The molecule has 14 atom stereocenters. The summed E-state index contributed by atoms with van der Waals surface area (Å²) >= 11 is 0. The molecule has 0 amide bonds. The van der Waals surface area contributed by atoms with E-state index < -0.39 is 106 Å². The van der Waals surface area contributed by atoms with Crippen LogP contribution in [0.1, 0.15) is 6.42 Å². The van der Waals surface area contributed by atoms with Gasteiger partial charge in [-0.1, -0.05) is 0 Å². The Balaban J connectivity index is 1.71. The molecular weight excluding hydrogens is 459 g/mol. The van der Waals surface area contributed by atoms with Crippen LogP contribution >= 0.6 is 0 Å². The first-order valence-corrected chi connectivity index (χ1v) is 10.4. The van der Waals surface area contributed by atoms with Crippen LogP contribution in [-0.2, 0) is 23.7 Å². The highest BCUT2D eigenvalue weighted by Crippen LogP contribution is 2.32. The van der Waals surface area contributed by atoms with Crippen molar-refractivity contribution >= 4 is 0 Å². The second-order valence-corrected chi connectivity index (χ2v) is 8.20. The lowest BCUT2D eigenvalue weighted by Crippen LogP contribution is -2.65. The summed E-state index contributed by atoms with van der Waals surface area (Å²) in [5.74, 6) is 0. The van der Waals surface area contributed by atoms with Crippen LogP contribution in [0.3, 0.4) is 0 Å². The minimum absolute atomic E-state index is 0.0768. The van der Waals surface area contributed by atoms with E-state index in [9.17, 15) is 50.3 Å². The number of alkyl halides is 1. The van der Waals surface area contributed by atoms with Crippen LogP contribution in [0.15, 0.2) is 0 Å². The molecule has 3 aliphatic heterocycles. The zero-order valence-corrected chi connectivity index (χ0v) is 17.4. The molecule has 3 heterocycles. The summed E-state index contributed by atoms with van der Waals surface area (Å²) in [5.41, 5.74) is 0. The van der Waals surface area contributed by atoms with E-state index in [1.54, 1.807) is 0 Å². The molecule has 0 aliphatic carbocycles. The van der Waals surface area contributed by atoms with E-state index in [1.165, 1.54) is 0 Å². The summed E-state index contributed by atoms with van der Waals surface area (Å²) in [7, 11) is 0. The van der Waals surface area contributed by atoms with Crippen molar-refractivity contribution in [2.45, 2.75) is 92.5 Å². The van der Waals surface area contributed by atoms with Crippen molar-refractivity contribution in [2.75, 3.05) is 19.8 Å². The van der Waals surface area contributed by atoms with Gasteiger partial charge >= 0.3 is 0 Å². The first-order chi connectivity index (χ1) is 15.6. The highest BCUT2D eigenvalue weighted by molar-refractivity contribution is 4.95. The molecule has 3 fully saturated rings. The number of ether oxygens (including phenoxy) is 5. The molecule has 3 aliphatic rings. The van der Waals surface area contributed by atoms with Crippen LogP contribution in [0, 0.1) is 0 Å². The van der Waals surface area contributed by atoms with Gasteiger partial charge in [0.2, 0.25) is 6.36 Å². The first-order valence-electron chi connectivity index (χ1n) is 10.4. The molecule has 0 aromatic rings. The number of aliphatic hydroxyl groups is 9. The minimum Gasteiger partial charge on any atom is -0.394 e. The smallest absolute Gasteiger partial charge is 0.228 e. The van der Waals surface area contributed by atoms with Crippen LogP contribution in [0.25, 0.3) is 0 Å². The van der Waals surface area contributed by atoms with Crippen LogP contribution < -0.4 is 0 Å². The standard InChI is InChI=1S/C18H31FO14/c19-16-12(27)10(25)14(7(3-21)30-16)33-18-13(28)11(26)15(8(4-22)31-18)32-17-9(24)6(23)1-5(2-20)29-17/h5-18,20-28H,1-4H2. The molecule has 14 unspecified atom stereocenters. The molecule has 0 aromatic heterocycles. The normalized spacial score (nSPS) is 51.5. The molecule has 0 aromatic carbocycles. The number of halogens is 1. The first kappa shape index (κ1) is 27.0. The lowest BCUT2D eigenvalue weighted by atomic mass is 9.96. The van der Waals surface area contributed by atoms with Gasteiger partial charge in [0.1, 0.15) is 54.9 Å². The van der Waals surface area contributed by atoms with Gasteiger partial charge in [-0.15, -0.1) is 0 Å². The third kappa shape index (κ3) is 5.62. The molecule has 3 saturated heterocycles. The molecule has 0 spiro atoms. The predicted octanol–water partition coefficient (Wildman–Crippen LogP) is -5.57. The molecule has 9 N–H and O–H groups in total. The predicted molar refractivity (Wildman–Crippen MR) is 98.8 cm³/mol. The van der Waals surface area contributed by atoms with Gasteiger partial charge in [0.05, 0.1) is 32.0 Å². The number of hydrogen-bond acceptors (Lipinski definition) is 14. The van der Waals surface area contributed by atoms with Crippen molar-refractivity contribution in [1.82, 2.24) is 0 Å². The SMILES string of the molecule is OCC1CC(O)C(O)C(OC2C(CO)OC(OC3C(CO)OC(F)C(O)C3O)C(O)C2O)O1. The highest BCUT2D eigenvalue weighted by Gasteiger charge is 2.52. The second-order valence-electron chi connectivity index (χ2n) is 8.20. The third-order valence-corrected chi connectivity index (χ3v) is 5.92. The zero-order valence-electron chi connectivity index (χ0n) is 17.4. The van der Waals surface area contributed by atoms with Crippen LogP contribution in [-0.4, -0.2) is 152 Å². The fourth-order valence-corrected chi connectivity index (χ4v) is 4.00. The quantitative estimate of drug-likeness (QED) is 0.162. The van der Waals surface area contributed by atoms with Crippen LogP contribution in [0.2, 0.25) is 0 Å². The summed E-state index contributed by atoms with van der Waals surface area (Å²) in [6.45, 7) is -2.09. The molecular formula is C18H31FO14.